The molecule has 1 rings (SSSR count). The molecule has 0 bridgehead atoms. The van der Waals surface area contributed by atoms with Crippen molar-refractivity contribution in [2.24, 2.45) is 0 Å². The molecule has 0 unspecified atom stereocenters. The lowest BCUT2D eigenvalue weighted by Gasteiger charge is -2.08. The molecule has 2 N–H and O–H groups in total. The smallest absolute Gasteiger partial charge is 0.224 e. The van der Waals surface area contributed by atoms with E-state index >= 15 is 0 Å². The summed E-state index contributed by atoms with van der Waals surface area (Å²) in [6, 6.07) is 0. The molecule has 0 aliphatic carbocycles. The molecule has 78 valence electrons. The van der Waals surface area contributed by atoms with E-state index in [1.165, 1.54) is 13.1 Å². The Morgan fingerprint density at radius 3 is 3.00 bits per heavy atom. The minimum absolute atomic E-state index is 0.0782. The van der Waals surface area contributed by atoms with Crippen LogP contribution in [0.4, 0.5) is 5.82 Å². The fraction of sp³-hybridized carbons (Fsp3) is 0.375. The van der Waals surface area contributed by atoms with Gasteiger partial charge in [0, 0.05) is 26.2 Å². The molecule has 0 saturated carbocycles. The van der Waals surface area contributed by atoms with Gasteiger partial charge in [-0.3, -0.25) is 4.79 Å². The summed E-state index contributed by atoms with van der Waals surface area (Å²) in [6.45, 7) is 2.48. The van der Waals surface area contributed by atoms with Crippen LogP contribution < -0.4 is 16.1 Å². The van der Waals surface area contributed by atoms with Gasteiger partial charge in [-0.15, -0.1) is 0 Å². The second kappa shape index (κ2) is 5.55. The van der Waals surface area contributed by atoms with Gasteiger partial charge in [0.25, 0.3) is 0 Å². The minimum Gasteiger partial charge on any atom is -0.369 e. The van der Waals surface area contributed by atoms with Gasteiger partial charge >= 0.3 is 0 Å². The van der Waals surface area contributed by atoms with Crippen molar-refractivity contribution in [1.29, 1.82) is 0 Å². The summed E-state index contributed by atoms with van der Waals surface area (Å²) >= 11 is 5.59. The van der Waals surface area contributed by atoms with E-state index in [1.54, 1.807) is 0 Å². The zero-order chi connectivity index (χ0) is 11.3. The van der Waals surface area contributed by atoms with E-state index in [1.807, 2.05) is 0 Å². The molecule has 1 aromatic rings. The van der Waals surface area contributed by atoms with Crippen LogP contribution in [0.2, 0.25) is 5.28 Å². The Morgan fingerprint density at radius 2 is 2.33 bits per heavy atom. The molecule has 2 radical (unpaired) electrons. The number of nitrogens with one attached hydrogen (secondary N) is 2. The van der Waals surface area contributed by atoms with Gasteiger partial charge < -0.3 is 10.6 Å². The highest BCUT2D eigenvalue weighted by Crippen LogP contribution is 2.01. The summed E-state index contributed by atoms with van der Waals surface area (Å²) in [6.07, 6.45) is 1.43. The molecule has 7 heteroatoms. The van der Waals surface area contributed by atoms with Crippen molar-refractivity contribution in [3.8, 4) is 0 Å². The Kier molecular flexibility index (Phi) is 4.36. The van der Waals surface area contributed by atoms with Crippen LogP contribution in [0.5, 0.6) is 0 Å². The third-order valence-corrected chi connectivity index (χ3v) is 1.76. The van der Waals surface area contributed by atoms with Crippen molar-refractivity contribution in [1.82, 2.24) is 15.3 Å². The normalized spacial score (nSPS) is 9.73. The molecule has 1 amide bonds. The first-order valence-corrected chi connectivity index (χ1v) is 4.73. The number of nitrogens with zero attached hydrogens (tertiary/aromatic N) is 2. The summed E-state index contributed by atoms with van der Waals surface area (Å²) < 4.78 is 0. The zero-order valence-electron chi connectivity index (χ0n) is 8.25. The molecule has 0 atom stereocenters. The van der Waals surface area contributed by atoms with Crippen molar-refractivity contribution >= 4 is 36.6 Å². The van der Waals surface area contributed by atoms with Crippen LogP contribution >= 0.6 is 11.6 Å². The standard InChI is InChI=1S/C8H10BClN4O/c1-5(15)11-2-3-12-7-6(9)4-13-8(10)14-7/h4H,2-3H2,1H3,(H,11,15)(H,12,13,14). The Morgan fingerprint density at radius 1 is 1.60 bits per heavy atom. The van der Waals surface area contributed by atoms with Crippen molar-refractivity contribution in [2.45, 2.75) is 6.92 Å². The summed E-state index contributed by atoms with van der Waals surface area (Å²) in [5.74, 6) is 0.394. The van der Waals surface area contributed by atoms with E-state index < -0.39 is 0 Å². The number of anilines is 1. The van der Waals surface area contributed by atoms with Crippen molar-refractivity contribution in [3.05, 3.63) is 11.5 Å². The van der Waals surface area contributed by atoms with Gasteiger partial charge in [0.05, 0.1) is 0 Å². The molecule has 15 heavy (non-hydrogen) atoms. The maximum absolute atomic E-state index is 10.6. The van der Waals surface area contributed by atoms with E-state index in [2.05, 4.69) is 20.6 Å². The lowest BCUT2D eigenvalue weighted by atomic mass is 9.99. The number of amides is 1. The maximum atomic E-state index is 10.6. The molecular formula is C8H10BClN4O. The number of hydrogen-bond acceptors (Lipinski definition) is 4. The van der Waals surface area contributed by atoms with Crippen LogP contribution in [0.1, 0.15) is 6.92 Å². The monoisotopic (exact) mass is 224 g/mol. The average Bonchev–Trinajstić information content (AvgIpc) is 2.17. The highest BCUT2D eigenvalue weighted by atomic mass is 35.5. The molecule has 0 aromatic carbocycles. The van der Waals surface area contributed by atoms with Crippen LogP contribution in [-0.4, -0.2) is 36.8 Å². The predicted molar refractivity (Wildman–Crippen MR) is 59.6 cm³/mol. The van der Waals surface area contributed by atoms with E-state index in [0.29, 0.717) is 24.4 Å². The van der Waals surface area contributed by atoms with E-state index in [0.717, 1.165) is 0 Å². The van der Waals surface area contributed by atoms with Crippen molar-refractivity contribution in [2.75, 3.05) is 18.4 Å². The van der Waals surface area contributed by atoms with Crippen LogP contribution in [0, 0.1) is 0 Å². The first kappa shape index (κ1) is 11.8. The van der Waals surface area contributed by atoms with Gasteiger partial charge in [-0.1, -0.05) is 0 Å². The molecule has 0 aliphatic rings. The molecule has 1 heterocycles. The SMILES string of the molecule is [B]c1cnc(Cl)nc1NCCNC(C)=O. The summed E-state index contributed by atoms with van der Waals surface area (Å²) in [7, 11) is 5.60. The zero-order valence-corrected chi connectivity index (χ0v) is 9.01. The number of aromatic nitrogens is 2. The van der Waals surface area contributed by atoms with Crippen molar-refractivity contribution in [3.63, 3.8) is 0 Å². The van der Waals surface area contributed by atoms with Gasteiger partial charge in [0.2, 0.25) is 11.2 Å². The summed E-state index contributed by atoms with van der Waals surface area (Å²) in [5.41, 5.74) is 0.419. The number of halogens is 1. The van der Waals surface area contributed by atoms with Gasteiger partial charge in [0.15, 0.2) is 0 Å². The predicted octanol–water partition coefficient (Wildman–Crippen LogP) is -0.528. The highest BCUT2D eigenvalue weighted by Gasteiger charge is 2.00. The second-order valence-corrected chi connectivity index (χ2v) is 3.19. The molecule has 5 nitrogen and oxygen atoms in total. The number of hydrogen-bond donors (Lipinski definition) is 2. The van der Waals surface area contributed by atoms with Gasteiger partial charge in [-0.25, -0.2) is 9.97 Å². The van der Waals surface area contributed by atoms with E-state index in [4.69, 9.17) is 19.4 Å². The second-order valence-electron chi connectivity index (χ2n) is 2.85. The van der Waals surface area contributed by atoms with Crippen LogP contribution in [-0.2, 0) is 4.79 Å². The molecular weight excluding hydrogens is 214 g/mol. The van der Waals surface area contributed by atoms with Crippen molar-refractivity contribution < 1.29 is 4.79 Å². The molecule has 0 fully saturated rings. The third-order valence-electron chi connectivity index (χ3n) is 1.58. The molecule has 0 spiro atoms. The number of carbonyl (C=O) groups excluding carboxylic acids is 1. The van der Waals surface area contributed by atoms with E-state index in [-0.39, 0.29) is 11.2 Å². The summed E-state index contributed by atoms with van der Waals surface area (Å²) in [4.78, 5) is 18.2. The molecule has 0 aliphatic heterocycles. The quantitative estimate of drug-likeness (QED) is 0.410. The topological polar surface area (TPSA) is 66.9 Å². The number of rotatable bonds is 4. The first-order valence-electron chi connectivity index (χ1n) is 4.36. The first-order chi connectivity index (χ1) is 7.09. The fourth-order valence-corrected chi connectivity index (χ4v) is 1.06. The maximum Gasteiger partial charge on any atom is 0.224 e. The Bertz CT molecular complexity index is 360. The van der Waals surface area contributed by atoms with Crippen LogP contribution in [0.25, 0.3) is 0 Å². The minimum atomic E-state index is -0.0782. The Balaban J connectivity index is 2.43. The average molecular weight is 224 g/mol. The highest BCUT2D eigenvalue weighted by molar-refractivity contribution is 6.35. The van der Waals surface area contributed by atoms with Gasteiger partial charge in [-0.05, 0) is 17.1 Å². The Hall–Kier alpha value is -1.30. The Labute approximate surface area is 94.0 Å². The van der Waals surface area contributed by atoms with Crippen LogP contribution in [0.3, 0.4) is 0 Å². The van der Waals surface area contributed by atoms with E-state index in [9.17, 15) is 4.79 Å². The molecule has 1 aromatic heterocycles. The molecule has 0 saturated heterocycles. The summed E-state index contributed by atoms with van der Waals surface area (Å²) in [5, 5.41) is 5.70. The van der Waals surface area contributed by atoms with Crippen LogP contribution in [0.15, 0.2) is 6.20 Å². The largest absolute Gasteiger partial charge is 0.369 e. The van der Waals surface area contributed by atoms with Gasteiger partial charge in [-0.2, -0.15) is 0 Å². The fourth-order valence-electron chi connectivity index (χ4n) is 0.931. The third kappa shape index (κ3) is 4.16. The number of carbonyl (C=O) groups is 1. The van der Waals surface area contributed by atoms with Gasteiger partial charge in [0.1, 0.15) is 13.7 Å². The lowest BCUT2D eigenvalue weighted by molar-refractivity contribution is -0.118. The lowest BCUT2D eigenvalue weighted by Crippen LogP contribution is -2.28.